The first-order valence-electron chi connectivity index (χ1n) is 7.62. The third-order valence-corrected chi connectivity index (χ3v) is 4.52. The molecule has 0 aliphatic carbocycles. The fraction of sp³-hybridized carbons (Fsp3) is 0.562. The normalized spacial score (nSPS) is 26.1. The minimum absolute atomic E-state index is 0.104. The lowest BCUT2D eigenvalue weighted by Gasteiger charge is -2.36. The van der Waals surface area contributed by atoms with E-state index in [4.69, 9.17) is 0 Å². The highest BCUT2D eigenvalue weighted by Gasteiger charge is 2.31. The number of piperidine rings is 1. The van der Waals surface area contributed by atoms with Crippen molar-refractivity contribution in [3.8, 4) is 0 Å². The van der Waals surface area contributed by atoms with E-state index in [0.717, 1.165) is 44.0 Å². The molecule has 2 unspecified atom stereocenters. The van der Waals surface area contributed by atoms with Crippen molar-refractivity contribution in [2.24, 2.45) is 5.92 Å². The molecule has 2 fully saturated rings. The molecule has 2 atom stereocenters. The van der Waals surface area contributed by atoms with Gasteiger partial charge in [-0.05, 0) is 50.3 Å². The van der Waals surface area contributed by atoms with Crippen LogP contribution in [0.1, 0.15) is 36.0 Å². The number of carbonyl (C=O) groups is 1. The molecule has 2 aliphatic rings. The van der Waals surface area contributed by atoms with Gasteiger partial charge in [-0.25, -0.2) is 8.78 Å². The smallest absolute Gasteiger partial charge is 0.254 e. The summed E-state index contributed by atoms with van der Waals surface area (Å²) in [6.45, 7) is 2.39. The lowest BCUT2D eigenvalue weighted by Crippen LogP contribution is -2.45. The summed E-state index contributed by atoms with van der Waals surface area (Å²) in [6, 6.07) is 3.49. The van der Waals surface area contributed by atoms with Crippen LogP contribution in [0.4, 0.5) is 8.78 Å². The Labute approximate surface area is 123 Å². The Hall–Kier alpha value is -1.49. The molecule has 1 amide bonds. The van der Waals surface area contributed by atoms with E-state index in [9.17, 15) is 13.6 Å². The number of nitrogens with one attached hydrogen (secondary N) is 1. The molecular weight excluding hydrogens is 274 g/mol. The largest absolute Gasteiger partial charge is 0.338 e. The van der Waals surface area contributed by atoms with Gasteiger partial charge in [-0.1, -0.05) is 0 Å². The minimum atomic E-state index is -0.704. The number of likely N-dealkylation sites (tertiary alicyclic amines) is 1. The van der Waals surface area contributed by atoms with Gasteiger partial charge < -0.3 is 10.2 Å². The molecule has 2 saturated heterocycles. The van der Waals surface area contributed by atoms with Gasteiger partial charge in [-0.15, -0.1) is 0 Å². The average Bonchev–Trinajstić information content (AvgIpc) is 3.00. The summed E-state index contributed by atoms with van der Waals surface area (Å²) < 4.78 is 26.5. The minimum Gasteiger partial charge on any atom is -0.338 e. The summed E-state index contributed by atoms with van der Waals surface area (Å²) in [7, 11) is 0. The number of nitrogens with zero attached hydrogens (tertiary/aromatic N) is 1. The number of rotatable bonds is 2. The van der Waals surface area contributed by atoms with Crippen LogP contribution < -0.4 is 5.32 Å². The quantitative estimate of drug-likeness (QED) is 0.909. The van der Waals surface area contributed by atoms with Crippen molar-refractivity contribution in [2.75, 3.05) is 19.6 Å². The van der Waals surface area contributed by atoms with Crippen LogP contribution in [0.15, 0.2) is 18.2 Å². The monoisotopic (exact) mass is 294 g/mol. The Morgan fingerprint density at radius 3 is 2.57 bits per heavy atom. The van der Waals surface area contributed by atoms with Crippen molar-refractivity contribution in [1.29, 1.82) is 0 Å². The topological polar surface area (TPSA) is 32.3 Å². The lowest BCUT2D eigenvalue weighted by atomic mass is 9.89. The molecule has 0 spiro atoms. The van der Waals surface area contributed by atoms with Crippen molar-refractivity contribution in [3.05, 3.63) is 35.4 Å². The fourth-order valence-corrected chi connectivity index (χ4v) is 3.50. The van der Waals surface area contributed by atoms with Crippen LogP contribution in [0.25, 0.3) is 0 Å². The van der Waals surface area contributed by atoms with Crippen molar-refractivity contribution < 1.29 is 13.6 Å². The molecule has 2 aliphatic heterocycles. The molecule has 3 rings (SSSR count). The van der Waals surface area contributed by atoms with Crippen LogP contribution in [-0.2, 0) is 0 Å². The molecule has 1 aromatic carbocycles. The summed E-state index contributed by atoms with van der Waals surface area (Å²) >= 11 is 0. The second-order valence-corrected chi connectivity index (χ2v) is 6.01. The van der Waals surface area contributed by atoms with E-state index >= 15 is 0 Å². The molecule has 1 aromatic rings. The zero-order chi connectivity index (χ0) is 14.8. The second-order valence-electron chi connectivity index (χ2n) is 6.01. The summed E-state index contributed by atoms with van der Waals surface area (Å²) in [5.74, 6) is -1.23. The molecule has 0 bridgehead atoms. The van der Waals surface area contributed by atoms with E-state index in [1.165, 1.54) is 6.42 Å². The van der Waals surface area contributed by atoms with Crippen LogP contribution in [0.2, 0.25) is 0 Å². The van der Waals surface area contributed by atoms with Crippen LogP contribution in [0.5, 0.6) is 0 Å². The van der Waals surface area contributed by atoms with Gasteiger partial charge in [-0.3, -0.25) is 4.79 Å². The number of carbonyl (C=O) groups excluding carboxylic acids is 1. The Kier molecular flexibility index (Phi) is 4.19. The summed E-state index contributed by atoms with van der Waals surface area (Å²) in [5, 5.41) is 3.49. The van der Waals surface area contributed by atoms with E-state index in [0.29, 0.717) is 25.0 Å². The first-order chi connectivity index (χ1) is 10.1. The molecule has 3 nitrogen and oxygen atoms in total. The van der Waals surface area contributed by atoms with Crippen LogP contribution in [0.3, 0.4) is 0 Å². The maximum atomic E-state index is 13.3. The Bertz CT molecular complexity index is 509. The van der Waals surface area contributed by atoms with Gasteiger partial charge in [0.15, 0.2) is 0 Å². The highest BCUT2D eigenvalue weighted by molar-refractivity contribution is 5.94. The number of hydrogen-bond acceptors (Lipinski definition) is 2. The zero-order valence-electron chi connectivity index (χ0n) is 11.9. The number of halogens is 2. The number of hydrogen-bond donors (Lipinski definition) is 1. The van der Waals surface area contributed by atoms with Gasteiger partial charge in [0.1, 0.15) is 11.6 Å². The molecule has 0 saturated carbocycles. The Morgan fingerprint density at radius 1 is 1.14 bits per heavy atom. The highest BCUT2D eigenvalue weighted by atomic mass is 19.1. The van der Waals surface area contributed by atoms with Gasteiger partial charge in [0.05, 0.1) is 0 Å². The Morgan fingerprint density at radius 2 is 1.90 bits per heavy atom. The maximum Gasteiger partial charge on any atom is 0.254 e. The number of benzene rings is 1. The molecule has 1 N–H and O–H groups in total. The van der Waals surface area contributed by atoms with Crippen LogP contribution >= 0.6 is 0 Å². The zero-order valence-corrected chi connectivity index (χ0v) is 11.9. The van der Waals surface area contributed by atoms with Crippen molar-refractivity contribution >= 4 is 5.91 Å². The first kappa shape index (κ1) is 14.4. The molecule has 2 heterocycles. The average molecular weight is 294 g/mol. The molecule has 114 valence electrons. The Balaban J connectivity index is 1.71. The van der Waals surface area contributed by atoms with Gasteiger partial charge in [0.25, 0.3) is 5.91 Å². The highest BCUT2D eigenvalue weighted by Crippen LogP contribution is 2.26. The summed E-state index contributed by atoms with van der Waals surface area (Å²) in [4.78, 5) is 14.2. The van der Waals surface area contributed by atoms with E-state index in [2.05, 4.69) is 5.32 Å². The standard InChI is InChI=1S/C16H20F2N2O/c17-13-7-12(8-14(18)9-13)16(21)20-6-2-3-11(10-20)15-4-1-5-19-15/h7-9,11,15,19H,1-6,10H2. The maximum absolute atomic E-state index is 13.3. The predicted molar refractivity (Wildman–Crippen MR) is 76.0 cm³/mol. The van der Waals surface area contributed by atoms with Gasteiger partial charge in [-0.2, -0.15) is 0 Å². The SMILES string of the molecule is O=C(c1cc(F)cc(F)c1)N1CCCC(C2CCCN2)C1. The van der Waals surface area contributed by atoms with Crippen molar-refractivity contribution in [2.45, 2.75) is 31.7 Å². The van der Waals surface area contributed by atoms with Gasteiger partial charge in [0.2, 0.25) is 0 Å². The third kappa shape index (κ3) is 3.23. The van der Waals surface area contributed by atoms with Crippen LogP contribution in [-0.4, -0.2) is 36.5 Å². The lowest BCUT2D eigenvalue weighted by molar-refractivity contribution is 0.0650. The molecule has 0 aromatic heterocycles. The number of amides is 1. The molecule has 0 radical (unpaired) electrons. The van der Waals surface area contributed by atoms with Gasteiger partial charge in [0, 0.05) is 30.8 Å². The van der Waals surface area contributed by atoms with E-state index < -0.39 is 11.6 Å². The molecular formula is C16H20F2N2O. The van der Waals surface area contributed by atoms with Crippen molar-refractivity contribution in [3.63, 3.8) is 0 Å². The molecule has 21 heavy (non-hydrogen) atoms. The van der Waals surface area contributed by atoms with Crippen LogP contribution in [0, 0.1) is 17.6 Å². The van der Waals surface area contributed by atoms with E-state index in [-0.39, 0.29) is 11.5 Å². The first-order valence-corrected chi connectivity index (χ1v) is 7.62. The molecule has 5 heteroatoms. The van der Waals surface area contributed by atoms with Crippen molar-refractivity contribution in [1.82, 2.24) is 10.2 Å². The summed E-state index contributed by atoms with van der Waals surface area (Å²) in [6.07, 6.45) is 4.40. The fourth-order valence-electron chi connectivity index (χ4n) is 3.50. The van der Waals surface area contributed by atoms with E-state index in [1.807, 2.05) is 0 Å². The van der Waals surface area contributed by atoms with Gasteiger partial charge >= 0.3 is 0 Å². The van der Waals surface area contributed by atoms with E-state index in [1.54, 1.807) is 4.90 Å². The second kappa shape index (κ2) is 6.10. The summed E-state index contributed by atoms with van der Waals surface area (Å²) in [5.41, 5.74) is 0.104. The predicted octanol–water partition coefficient (Wildman–Crippen LogP) is 2.57. The third-order valence-electron chi connectivity index (χ3n) is 4.52.